The van der Waals surface area contributed by atoms with Gasteiger partial charge in [0.25, 0.3) is 0 Å². The van der Waals surface area contributed by atoms with E-state index in [2.05, 4.69) is 6.92 Å². The second-order valence-corrected chi connectivity index (χ2v) is 6.74. The third kappa shape index (κ3) is 6.17. The lowest BCUT2D eigenvalue weighted by Gasteiger charge is -2.28. The van der Waals surface area contributed by atoms with Gasteiger partial charge in [0.15, 0.2) is 0 Å². The maximum atomic E-state index is 12.7. The van der Waals surface area contributed by atoms with Gasteiger partial charge in [-0.25, -0.2) is 0 Å². The summed E-state index contributed by atoms with van der Waals surface area (Å²) in [5, 5.41) is 0. The molecule has 0 spiro atoms. The third-order valence-corrected chi connectivity index (χ3v) is 5.59. The molecule has 19 heavy (non-hydrogen) atoms. The zero-order valence-electron chi connectivity index (χ0n) is 12.6. The van der Waals surface area contributed by atoms with Crippen LogP contribution < -0.4 is 5.73 Å². The van der Waals surface area contributed by atoms with E-state index in [0.29, 0.717) is 6.42 Å². The Hall–Kier alpha value is -0.220. The molecule has 0 rings (SSSR count). The lowest BCUT2D eigenvalue weighted by Crippen LogP contribution is -2.40. The van der Waals surface area contributed by atoms with Crippen molar-refractivity contribution in [2.75, 3.05) is 13.2 Å². The minimum atomic E-state index is -3.46. The summed E-state index contributed by atoms with van der Waals surface area (Å²) >= 11 is 0. The van der Waals surface area contributed by atoms with Gasteiger partial charge in [0.05, 0.1) is 13.2 Å². The minimum Gasteiger partial charge on any atom is -0.326 e. The van der Waals surface area contributed by atoms with E-state index < -0.39 is 19.3 Å². The zero-order valence-corrected chi connectivity index (χ0v) is 13.4. The van der Waals surface area contributed by atoms with Crippen LogP contribution in [0.2, 0.25) is 0 Å². The lowest BCUT2D eigenvalue weighted by molar-refractivity contribution is -0.117. The molecule has 0 aliphatic rings. The number of carbonyl (C=O) groups excluding carboxylic acids is 1. The Balaban J connectivity index is 4.93. The molecule has 5 nitrogen and oxygen atoms in total. The van der Waals surface area contributed by atoms with Gasteiger partial charge in [-0.2, -0.15) is 0 Å². The number of rotatable bonds is 11. The van der Waals surface area contributed by atoms with Crippen molar-refractivity contribution >= 4 is 13.4 Å². The highest BCUT2D eigenvalue weighted by molar-refractivity contribution is 7.55. The van der Waals surface area contributed by atoms with Gasteiger partial charge in [-0.05, 0) is 27.2 Å². The van der Waals surface area contributed by atoms with Crippen molar-refractivity contribution in [1.82, 2.24) is 0 Å². The molecule has 0 aromatic carbocycles. The topological polar surface area (TPSA) is 78.6 Å². The van der Waals surface area contributed by atoms with Crippen LogP contribution >= 0.6 is 7.60 Å². The van der Waals surface area contributed by atoms with Gasteiger partial charge in [-0.1, -0.05) is 26.2 Å². The average Bonchev–Trinajstić information content (AvgIpc) is 2.29. The maximum absolute atomic E-state index is 12.7. The summed E-state index contributed by atoms with van der Waals surface area (Å²) < 4.78 is 23.2. The largest absolute Gasteiger partial charge is 0.342 e. The number of Topliss-reactive ketones (excluding diaryl/α,β-unsaturated/α-hetero) is 1. The molecule has 0 aromatic rings. The number of hydrogen-bond donors (Lipinski definition) is 1. The molecule has 0 heterocycles. The number of ketones is 1. The van der Waals surface area contributed by atoms with Gasteiger partial charge in [0.1, 0.15) is 11.4 Å². The smallest absolute Gasteiger partial charge is 0.326 e. The quantitative estimate of drug-likeness (QED) is 0.468. The van der Waals surface area contributed by atoms with Crippen LogP contribution in [0.1, 0.15) is 53.4 Å². The predicted molar refractivity (Wildman–Crippen MR) is 77.4 cm³/mol. The molecule has 2 N–H and O–H groups in total. The van der Waals surface area contributed by atoms with Crippen molar-refractivity contribution < 1.29 is 18.4 Å². The van der Waals surface area contributed by atoms with E-state index >= 15 is 0 Å². The molecule has 2 atom stereocenters. The standard InChI is InChI=1S/C13H28NO4P/c1-5-8-9-10-12(14)13(11(4)15)19(16,17-6-2)18-7-3/h12-13H,5-10,14H2,1-4H3. The number of carbonyl (C=O) groups is 1. The Morgan fingerprint density at radius 1 is 1.16 bits per heavy atom. The first-order valence-corrected chi connectivity index (χ1v) is 8.68. The molecule has 0 fully saturated rings. The molecule has 6 heteroatoms. The predicted octanol–water partition coefficient (Wildman–Crippen LogP) is 3.12. The normalized spacial score (nSPS) is 15.2. The van der Waals surface area contributed by atoms with E-state index in [1.54, 1.807) is 13.8 Å². The summed E-state index contributed by atoms with van der Waals surface area (Å²) in [6.07, 6.45) is 3.69. The second-order valence-electron chi connectivity index (χ2n) is 4.59. The van der Waals surface area contributed by atoms with Crippen molar-refractivity contribution in [2.45, 2.75) is 65.1 Å². The Kier molecular flexibility index (Phi) is 9.54. The Labute approximate surface area is 116 Å². The molecule has 0 saturated carbocycles. The Morgan fingerprint density at radius 3 is 2.05 bits per heavy atom. The van der Waals surface area contributed by atoms with E-state index in [1.165, 1.54) is 6.92 Å². The number of hydrogen-bond acceptors (Lipinski definition) is 5. The monoisotopic (exact) mass is 293 g/mol. The first-order valence-electron chi connectivity index (χ1n) is 7.07. The third-order valence-electron chi connectivity index (χ3n) is 2.92. The van der Waals surface area contributed by atoms with Crippen molar-refractivity contribution in [3.8, 4) is 0 Å². The SMILES string of the molecule is CCCCCC(N)C(C(C)=O)P(=O)(OCC)OCC. The van der Waals surface area contributed by atoms with E-state index in [1.807, 2.05) is 0 Å². The zero-order chi connectivity index (χ0) is 14.9. The Morgan fingerprint density at radius 2 is 1.68 bits per heavy atom. The van der Waals surface area contributed by atoms with Gasteiger partial charge in [0.2, 0.25) is 0 Å². The van der Waals surface area contributed by atoms with Crippen molar-refractivity contribution in [3.05, 3.63) is 0 Å². The summed E-state index contributed by atoms with van der Waals surface area (Å²) in [7, 11) is -3.46. The average molecular weight is 293 g/mol. The molecule has 0 bridgehead atoms. The summed E-state index contributed by atoms with van der Waals surface area (Å²) in [6.45, 7) is 7.43. The highest BCUT2D eigenvalue weighted by Gasteiger charge is 2.42. The van der Waals surface area contributed by atoms with Crippen molar-refractivity contribution in [2.24, 2.45) is 5.73 Å². The van der Waals surface area contributed by atoms with E-state index in [-0.39, 0.29) is 19.0 Å². The highest BCUT2D eigenvalue weighted by atomic mass is 31.2. The Bertz CT molecular complexity index is 299. The molecule has 0 aliphatic carbocycles. The fraction of sp³-hybridized carbons (Fsp3) is 0.923. The molecule has 2 unspecified atom stereocenters. The first kappa shape index (κ1) is 18.8. The summed E-state index contributed by atoms with van der Waals surface area (Å²) in [5.41, 5.74) is 5.20. The molecule has 0 amide bonds. The molecule has 0 radical (unpaired) electrons. The van der Waals surface area contributed by atoms with Crippen LogP contribution in [-0.2, 0) is 18.4 Å². The number of unbranched alkanes of at least 4 members (excludes halogenated alkanes) is 2. The van der Waals surface area contributed by atoms with Crippen LogP contribution in [0.3, 0.4) is 0 Å². The van der Waals surface area contributed by atoms with Gasteiger partial charge in [-0.3, -0.25) is 9.36 Å². The van der Waals surface area contributed by atoms with Crippen LogP contribution in [0.25, 0.3) is 0 Å². The fourth-order valence-electron chi connectivity index (χ4n) is 2.10. The molecule has 0 saturated heterocycles. The van der Waals surface area contributed by atoms with Crippen LogP contribution in [0, 0.1) is 0 Å². The molecule has 114 valence electrons. The van der Waals surface area contributed by atoms with Gasteiger partial charge in [0, 0.05) is 6.04 Å². The summed E-state index contributed by atoms with van der Waals surface area (Å²) in [4.78, 5) is 11.8. The van der Waals surface area contributed by atoms with E-state index in [0.717, 1.165) is 19.3 Å². The maximum Gasteiger partial charge on any atom is 0.342 e. The second kappa shape index (κ2) is 9.65. The van der Waals surface area contributed by atoms with Crippen LogP contribution in [-0.4, -0.2) is 30.7 Å². The van der Waals surface area contributed by atoms with Crippen molar-refractivity contribution in [1.29, 1.82) is 0 Å². The van der Waals surface area contributed by atoms with Crippen LogP contribution in [0.5, 0.6) is 0 Å². The minimum absolute atomic E-state index is 0.228. The van der Waals surface area contributed by atoms with E-state index in [9.17, 15) is 9.36 Å². The summed E-state index contributed by atoms with van der Waals surface area (Å²) in [5.74, 6) is -0.228. The summed E-state index contributed by atoms with van der Waals surface area (Å²) in [6, 6.07) is -0.479. The van der Waals surface area contributed by atoms with Gasteiger partial charge >= 0.3 is 7.60 Å². The van der Waals surface area contributed by atoms with Gasteiger partial charge in [-0.15, -0.1) is 0 Å². The van der Waals surface area contributed by atoms with Crippen LogP contribution in [0.15, 0.2) is 0 Å². The van der Waals surface area contributed by atoms with Gasteiger partial charge < -0.3 is 14.8 Å². The molecule has 0 aliphatic heterocycles. The molecule has 0 aromatic heterocycles. The lowest BCUT2D eigenvalue weighted by atomic mass is 10.0. The number of nitrogens with two attached hydrogens (primary N) is 1. The molecular formula is C13H28NO4P. The van der Waals surface area contributed by atoms with E-state index in [4.69, 9.17) is 14.8 Å². The fourth-order valence-corrected chi connectivity index (χ4v) is 4.28. The highest BCUT2D eigenvalue weighted by Crippen LogP contribution is 2.54. The van der Waals surface area contributed by atoms with Crippen molar-refractivity contribution in [3.63, 3.8) is 0 Å². The first-order chi connectivity index (χ1) is 8.92. The van der Waals surface area contributed by atoms with Crippen LogP contribution in [0.4, 0.5) is 0 Å². The molecular weight excluding hydrogens is 265 g/mol.